The van der Waals surface area contributed by atoms with E-state index >= 15 is 0 Å². The lowest BCUT2D eigenvalue weighted by Gasteiger charge is -2.49. The number of rotatable bonds is 9. The summed E-state index contributed by atoms with van der Waals surface area (Å²) in [5.41, 5.74) is 0.449. The number of β-lactam (4-membered cyclic amide) rings is 1. The summed E-state index contributed by atoms with van der Waals surface area (Å²) in [5.74, 6) is -3.07. The number of nitrogens with one attached hydrogen (secondary N) is 1. The van der Waals surface area contributed by atoms with Crippen molar-refractivity contribution in [3.63, 3.8) is 0 Å². The van der Waals surface area contributed by atoms with Gasteiger partial charge in [-0.3, -0.25) is 28.8 Å². The second kappa shape index (κ2) is 9.85. The number of aliphatic carboxylic acids is 1. The number of hydrogen-bond donors (Lipinski definition) is 2. The molecule has 180 valence electrons. The van der Waals surface area contributed by atoms with Gasteiger partial charge in [-0.25, -0.2) is 4.79 Å². The third kappa shape index (κ3) is 4.86. The fourth-order valence-corrected chi connectivity index (χ4v) is 7.38. The van der Waals surface area contributed by atoms with Gasteiger partial charge in [-0.1, -0.05) is 23.1 Å². The van der Waals surface area contributed by atoms with Crippen LogP contribution in [0.5, 0.6) is 0 Å². The number of carbonyl (C=O) groups is 3. The van der Waals surface area contributed by atoms with Gasteiger partial charge >= 0.3 is 11.9 Å². The summed E-state index contributed by atoms with van der Waals surface area (Å²) in [6.45, 7) is 1.81. The quantitative estimate of drug-likeness (QED) is 0.197. The summed E-state index contributed by atoms with van der Waals surface area (Å²) in [6, 6.07) is 1.19. The Balaban J connectivity index is 1.39. The molecule has 1 fully saturated rings. The van der Waals surface area contributed by atoms with Crippen molar-refractivity contribution in [3.8, 4) is 0 Å². The maximum atomic E-state index is 12.7. The summed E-state index contributed by atoms with van der Waals surface area (Å²) in [5, 5.41) is 30.7. The van der Waals surface area contributed by atoms with Gasteiger partial charge in [-0.15, -0.1) is 22.0 Å². The summed E-state index contributed by atoms with van der Waals surface area (Å²) in [7, 11) is -1.99. The number of fused-ring (bicyclic) bond motifs is 1. The van der Waals surface area contributed by atoms with Crippen molar-refractivity contribution in [1.82, 2.24) is 20.4 Å². The molecule has 17 heteroatoms. The smallest absolute Gasteiger partial charge is 0.434 e. The van der Waals surface area contributed by atoms with E-state index in [2.05, 4.69) is 15.5 Å². The van der Waals surface area contributed by atoms with Crippen LogP contribution in [0.25, 0.3) is 0 Å². The first kappa shape index (κ1) is 24.4. The van der Waals surface area contributed by atoms with Crippen LogP contribution in [0.2, 0.25) is 0 Å². The number of aryl methyl sites for hydroxylation is 1. The molecular weight excluding hydrogens is 530 g/mol. The van der Waals surface area contributed by atoms with E-state index in [0.29, 0.717) is 21.4 Å². The maximum Gasteiger partial charge on any atom is 0.434 e. The molecule has 2 N–H and O–H groups in total. The number of hydrogen-bond acceptors (Lipinski definition) is 12. The zero-order valence-electron chi connectivity index (χ0n) is 17.2. The minimum absolute atomic E-state index is 0.112. The standard InChI is InChI=1S/C17H15N5O8S4/c1-7-19-20-17(33-7)32-5-8-4-31-15-12(14(24)21(15)13(8)16(25)26)18-9(23)6-34(29)11-3-2-10(30-11)22(27)28/h2-3,12,15H,4-6H2,1H3,(H,18,23)(H,25,26)/t12?,15-,34?/m0/s1. The van der Waals surface area contributed by atoms with E-state index in [1.54, 1.807) is 0 Å². The number of carboxylic acid groups (broad SMARTS) is 1. The van der Waals surface area contributed by atoms with Crippen LogP contribution >= 0.6 is 34.9 Å². The summed E-state index contributed by atoms with van der Waals surface area (Å²) < 4.78 is 17.8. The summed E-state index contributed by atoms with van der Waals surface area (Å²) >= 11 is 4.03. The van der Waals surface area contributed by atoms with Gasteiger partial charge < -0.3 is 14.8 Å². The molecule has 2 aliphatic heterocycles. The number of thioether (sulfide) groups is 2. The molecule has 2 unspecified atom stereocenters. The van der Waals surface area contributed by atoms with Gasteiger partial charge in [0.1, 0.15) is 32.8 Å². The van der Waals surface area contributed by atoms with Gasteiger partial charge in [0, 0.05) is 17.6 Å². The molecule has 2 aromatic heterocycles. The molecule has 0 spiro atoms. The van der Waals surface area contributed by atoms with Crippen molar-refractivity contribution in [1.29, 1.82) is 0 Å². The molecule has 2 aliphatic rings. The highest BCUT2D eigenvalue weighted by molar-refractivity contribution is 8.01. The van der Waals surface area contributed by atoms with Crippen LogP contribution in [0.4, 0.5) is 5.88 Å². The molecule has 0 radical (unpaired) electrons. The predicted molar refractivity (Wildman–Crippen MR) is 122 cm³/mol. The second-order valence-electron chi connectivity index (χ2n) is 6.93. The number of nitro groups is 1. The molecule has 0 aromatic carbocycles. The number of nitrogens with zero attached hydrogens (tertiary/aromatic N) is 4. The topological polar surface area (TPSA) is 186 Å². The Morgan fingerprint density at radius 2 is 2.21 bits per heavy atom. The van der Waals surface area contributed by atoms with E-state index < -0.39 is 56.6 Å². The average molecular weight is 546 g/mol. The van der Waals surface area contributed by atoms with Crippen molar-refractivity contribution in [2.24, 2.45) is 0 Å². The highest BCUT2D eigenvalue weighted by Crippen LogP contribution is 2.41. The molecule has 2 amide bonds. The zero-order valence-corrected chi connectivity index (χ0v) is 20.4. The van der Waals surface area contributed by atoms with E-state index in [9.17, 15) is 33.8 Å². The largest absolute Gasteiger partial charge is 0.477 e. The molecule has 0 saturated carbocycles. The van der Waals surface area contributed by atoms with Crippen LogP contribution in [-0.4, -0.2) is 75.8 Å². The van der Waals surface area contributed by atoms with E-state index in [0.717, 1.165) is 22.0 Å². The average Bonchev–Trinajstić information content (AvgIpc) is 3.44. The Morgan fingerprint density at radius 1 is 1.44 bits per heavy atom. The third-order valence-corrected chi connectivity index (χ3v) is 9.27. The molecule has 0 bridgehead atoms. The van der Waals surface area contributed by atoms with Gasteiger partial charge in [0.05, 0.1) is 16.9 Å². The Labute approximate surface area is 206 Å². The Morgan fingerprint density at radius 3 is 2.82 bits per heavy atom. The van der Waals surface area contributed by atoms with Gasteiger partial charge in [-0.05, 0) is 12.5 Å². The predicted octanol–water partition coefficient (Wildman–Crippen LogP) is 0.986. The molecule has 13 nitrogen and oxygen atoms in total. The van der Waals surface area contributed by atoms with Crippen LogP contribution < -0.4 is 5.32 Å². The summed E-state index contributed by atoms with van der Waals surface area (Å²) in [4.78, 5) is 48.0. The van der Waals surface area contributed by atoms with Gasteiger partial charge in [-0.2, -0.15) is 0 Å². The fourth-order valence-electron chi connectivity index (χ4n) is 3.22. The molecule has 3 atom stereocenters. The highest BCUT2D eigenvalue weighted by Gasteiger charge is 2.54. The lowest BCUT2D eigenvalue weighted by atomic mass is 10.0. The first-order chi connectivity index (χ1) is 16.2. The molecule has 2 aromatic rings. The SMILES string of the molecule is Cc1nnc(SCC2=C(C(=O)O)N3C(=O)C(NC(=O)CS(=O)c4ccc([N+](=O)[O-])o4)[C@@H]3SC2)s1. The first-order valence-electron chi connectivity index (χ1n) is 9.40. The monoisotopic (exact) mass is 545 g/mol. The number of carboxylic acids is 1. The number of furan rings is 1. The van der Waals surface area contributed by atoms with Crippen LogP contribution in [0.15, 0.2) is 37.3 Å². The number of aromatic nitrogens is 2. The highest BCUT2D eigenvalue weighted by atomic mass is 32.2. The molecule has 1 saturated heterocycles. The normalized spacial score (nSPS) is 20.5. The number of amides is 2. The van der Waals surface area contributed by atoms with Crippen LogP contribution in [0.1, 0.15) is 5.01 Å². The van der Waals surface area contributed by atoms with Gasteiger partial charge in [0.15, 0.2) is 9.43 Å². The number of carbonyl (C=O) groups excluding carboxylic acids is 2. The maximum absolute atomic E-state index is 12.7. The minimum Gasteiger partial charge on any atom is -0.477 e. The van der Waals surface area contributed by atoms with Crippen LogP contribution in [-0.2, 0) is 25.2 Å². The van der Waals surface area contributed by atoms with E-state index in [-0.39, 0.29) is 10.8 Å². The van der Waals surface area contributed by atoms with Crippen molar-refractivity contribution in [2.75, 3.05) is 17.3 Å². The molecule has 0 aliphatic carbocycles. The fraction of sp³-hybridized carbons (Fsp3) is 0.353. The minimum atomic E-state index is -1.99. The Bertz CT molecular complexity index is 1240. The Kier molecular flexibility index (Phi) is 7.06. The lowest BCUT2D eigenvalue weighted by molar-refractivity contribution is -0.403. The first-order valence-corrected chi connectivity index (χ1v) is 13.6. The summed E-state index contributed by atoms with van der Waals surface area (Å²) in [6.07, 6.45) is 0. The van der Waals surface area contributed by atoms with Crippen molar-refractivity contribution >= 4 is 69.3 Å². The third-order valence-electron chi connectivity index (χ3n) is 4.68. The van der Waals surface area contributed by atoms with Crippen LogP contribution in [0.3, 0.4) is 0 Å². The molecule has 4 heterocycles. The van der Waals surface area contributed by atoms with E-state index in [1.807, 2.05) is 6.92 Å². The van der Waals surface area contributed by atoms with Crippen molar-refractivity contribution in [2.45, 2.75) is 27.8 Å². The van der Waals surface area contributed by atoms with Crippen molar-refractivity contribution in [3.05, 3.63) is 38.5 Å². The van der Waals surface area contributed by atoms with E-state index in [1.165, 1.54) is 34.9 Å². The Hall–Kier alpha value is -2.76. The van der Waals surface area contributed by atoms with Gasteiger partial charge in [0.25, 0.3) is 5.91 Å². The van der Waals surface area contributed by atoms with Gasteiger partial charge in [0.2, 0.25) is 5.91 Å². The second-order valence-corrected chi connectivity index (χ2v) is 11.8. The van der Waals surface area contributed by atoms with Crippen molar-refractivity contribution < 1.29 is 33.0 Å². The molecular formula is C17H15N5O8S4. The molecule has 34 heavy (non-hydrogen) atoms. The molecule has 4 rings (SSSR count). The lowest BCUT2D eigenvalue weighted by Crippen LogP contribution is -2.70. The van der Waals surface area contributed by atoms with E-state index in [4.69, 9.17) is 4.42 Å². The van der Waals surface area contributed by atoms with Crippen LogP contribution in [0, 0.1) is 17.0 Å². The zero-order chi connectivity index (χ0) is 24.6.